The molecule has 6 heteroatoms. The fraction of sp³-hybridized carbons (Fsp3) is 0.355. The molecule has 0 aromatic heterocycles. The molecule has 1 unspecified atom stereocenters. The first kappa shape index (κ1) is 26.7. The van der Waals surface area contributed by atoms with E-state index < -0.39 is 0 Å². The summed E-state index contributed by atoms with van der Waals surface area (Å²) in [5, 5.41) is 0.488. The predicted octanol–water partition coefficient (Wildman–Crippen LogP) is 6.22. The van der Waals surface area contributed by atoms with E-state index in [9.17, 15) is 9.59 Å². The smallest absolute Gasteiger partial charge is 0.257 e. The number of carbonyl (C=O) groups excluding carboxylic acids is 2. The maximum absolute atomic E-state index is 14.1. The summed E-state index contributed by atoms with van der Waals surface area (Å²) in [6, 6.07) is 25.2. The van der Waals surface area contributed by atoms with Gasteiger partial charge < -0.3 is 14.5 Å². The molecule has 1 heterocycles. The Bertz CT molecular complexity index is 1190. The van der Waals surface area contributed by atoms with Gasteiger partial charge in [0.25, 0.3) is 5.91 Å². The van der Waals surface area contributed by atoms with E-state index in [0.29, 0.717) is 35.8 Å². The fourth-order valence-corrected chi connectivity index (χ4v) is 5.15. The molecule has 5 nitrogen and oxygen atoms in total. The van der Waals surface area contributed by atoms with Gasteiger partial charge in [-0.1, -0.05) is 79.2 Å². The van der Waals surface area contributed by atoms with E-state index in [2.05, 4.69) is 19.1 Å². The van der Waals surface area contributed by atoms with Crippen LogP contribution in [-0.4, -0.2) is 54.4 Å². The van der Waals surface area contributed by atoms with E-state index >= 15 is 0 Å². The lowest BCUT2D eigenvalue weighted by Gasteiger charge is -2.35. The minimum atomic E-state index is -0.220. The highest BCUT2D eigenvalue weighted by atomic mass is 35.5. The monoisotopic (exact) mass is 518 g/mol. The number of hydrogen-bond donors (Lipinski definition) is 0. The first-order valence-electron chi connectivity index (χ1n) is 13.0. The van der Waals surface area contributed by atoms with Crippen LogP contribution in [0, 0.1) is 0 Å². The van der Waals surface area contributed by atoms with Crippen molar-refractivity contribution in [2.75, 3.05) is 26.7 Å². The maximum atomic E-state index is 14.1. The molecule has 0 fully saturated rings. The third kappa shape index (κ3) is 6.72. The van der Waals surface area contributed by atoms with Crippen molar-refractivity contribution in [1.82, 2.24) is 9.80 Å². The summed E-state index contributed by atoms with van der Waals surface area (Å²) in [5.74, 6) is 0.280. The van der Waals surface area contributed by atoms with Crippen LogP contribution in [0.2, 0.25) is 5.02 Å². The summed E-state index contributed by atoms with van der Waals surface area (Å²) in [5.41, 5.74) is 2.62. The SMILES string of the molecule is CCC(C(=O)N1CCCCN(C)C(=O)c2cc(Cl)ccc2OC[C@H]1Cc1ccccc1)c1ccccc1. The molecule has 2 atom stereocenters. The molecule has 3 aromatic carbocycles. The Morgan fingerprint density at radius 1 is 1.00 bits per heavy atom. The van der Waals surface area contributed by atoms with Crippen LogP contribution < -0.4 is 4.74 Å². The Hall–Kier alpha value is -3.31. The van der Waals surface area contributed by atoms with Crippen LogP contribution in [-0.2, 0) is 11.2 Å². The minimum Gasteiger partial charge on any atom is -0.491 e. The van der Waals surface area contributed by atoms with E-state index in [1.807, 2.05) is 53.4 Å². The highest BCUT2D eigenvalue weighted by Gasteiger charge is 2.31. The summed E-state index contributed by atoms with van der Waals surface area (Å²) in [4.78, 5) is 31.0. The van der Waals surface area contributed by atoms with E-state index in [1.54, 1.807) is 30.1 Å². The van der Waals surface area contributed by atoms with E-state index in [0.717, 1.165) is 30.4 Å². The first-order chi connectivity index (χ1) is 18.0. The number of amides is 2. The maximum Gasteiger partial charge on any atom is 0.257 e. The van der Waals surface area contributed by atoms with Gasteiger partial charge in [0.2, 0.25) is 5.91 Å². The number of ether oxygens (including phenoxy) is 1. The zero-order valence-electron chi connectivity index (χ0n) is 21.6. The third-order valence-corrected chi connectivity index (χ3v) is 7.27. The molecule has 0 N–H and O–H groups in total. The Balaban J connectivity index is 1.71. The first-order valence-corrected chi connectivity index (χ1v) is 13.4. The van der Waals surface area contributed by atoms with Crippen molar-refractivity contribution in [3.8, 4) is 5.75 Å². The van der Waals surface area contributed by atoms with Crippen molar-refractivity contribution in [3.05, 3.63) is 101 Å². The van der Waals surface area contributed by atoms with Crippen molar-refractivity contribution in [2.45, 2.75) is 44.6 Å². The van der Waals surface area contributed by atoms with E-state index in [4.69, 9.17) is 16.3 Å². The number of fused-ring (bicyclic) bond motifs is 1. The largest absolute Gasteiger partial charge is 0.491 e. The van der Waals surface area contributed by atoms with Gasteiger partial charge in [-0.05, 0) is 55.0 Å². The summed E-state index contributed by atoms with van der Waals surface area (Å²) in [7, 11) is 1.79. The van der Waals surface area contributed by atoms with Crippen LogP contribution in [0.15, 0.2) is 78.9 Å². The molecule has 0 spiro atoms. The Morgan fingerprint density at radius 2 is 1.68 bits per heavy atom. The normalized spacial score (nSPS) is 17.7. The van der Waals surface area contributed by atoms with Gasteiger partial charge in [-0.3, -0.25) is 9.59 Å². The van der Waals surface area contributed by atoms with Crippen molar-refractivity contribution >= 4 is 23.4 Å². The summed E-state index contributed by atoms with van der Waals surface area (Å²) < 4.78 is 6.32. The Morgan fingerprint density at radius 3 is 2.38 bits per heavy atom. The van der Waals surface area contributed by atoms with Crippen LogP contribution in [0.25, 0.3) is 0 Å². The predicted molar refractivity (Wildman–Crippen MR) is 148 cm³/mol. The van der Waals surface area contributed by atoms with Crippen molar-refractivity contribution in [2.24, 2.45) is 0 Å². The molecule has 3 aromatic rings. The van der Waals surface area contributed by atoms with Gasteiger partial charge in [0.05, 0.1) is 17.5 Å². The molecule has 37 heavy (non-hydrogen) atoms. The molecule has 0 aliphatic carbocycles. The quantitative estimate of drug-likeness (QED) is 0.403. The summed E-state index contributed by atoms with van der Waals surface area (Å²) in [6.07, 6.45) is 2.97. The zero-order chi connectivity index (χ0) is 26.2. The van der Waals surface area contributed by atoms with Crippen LogP contribution in [0.5, 0.6) is 5.75 Å². The molecule has 0 saturated heterocycles. The van der Waals surface area contributed by atoms with Crippen LogP contribution in [0.1, 0.15) is 53.6 Å². The van der Waals surface area contributed by atoms with Crippen molar-refractivity contribution in [1.29, 1.82) is 0 Å². The molecule has 0 saturated carbocycles. The van der Waals surface area contributed by atoms with E-state index in [1.165, 1.54) is 0 Å². The highest BCUT2D eigenvalue weighted by molar-refractivity contribution is 6.31. The van der Waals surface area contributed by atoms with E-state index in [-0.39, 0.29) is 30.4 Å². The molecule has 4 rings (SSSR count). The highest BCUT2D eigenvalue weighted by Crippen LogP contribution is 2.28. The number of benzene rings is 3. The fourth-order valence-electron chi connectivity index (χ4n) is 4.98. The second-order valence-corrected chi connectivity index (χ2v) is 10.1. The number of nitrogens with zero attached hydrogens (tertiary/aromatic N) is 2. The number of carbonyl (C=O) groups is 2. The van der Waals surface area contributed by atoms with Gasteiger partial charge in [-0.25, -0.2) is 0 Å². The third-order valence-electron chi connectivity index (χ3n) is 7.04. The lowest BCUT2D eigenvalue weighted by molar-refractivity contribution is -0.136. The summed E-state index contributed by atoms with van der Waals surface area (Å²) >= 11 is 6.25. The molecule has 2 amide bonds. The van der Waals surface area contributed by atoms with Gasteiger partial charge in [0, 0.05) is 25.2 Å². The van der Waals surface area contributed by atoms with Gasteiger partial charge in [-0.15, -0.1) is 0 Å². The lowest BCUT2D eigenvalue weighted by atomic mass is 9.93. The molecular weight excluding hydrogens is 484 g/mol. The minimum absolute atomic E-state index is 0.110. The lowest BCUT2D eigenvalue weighted by Crippen LogP contribution is -2.48. The van der Waals surface area contributed by atoms with Gasteiger partial charge in [0.15, 0.2) is 0 Å². The topological polar surface area (TPSA) is 49.9 Å². The number of hydrogen-bond acceptors (Lipinski definition) is 3. The Kier molecular flexibility index (Phi) is 9.24. The number of halogens is 1. The molecule has 0 bridgehead atoms. The van der Waals surface area contributed by atoms with Gasteiger partial charge in [0.1, 0.15) is 12.4 Å². The van der Waals surface area contributed by atoms with Crippen molar-refractivity contribution < 1.29 is 14.3 Å². The van der Waals surface area contributed by atoms with Crippen LogP contribution in [0.3, 0.4) is 0 Å². The standard InChI is InChI=1S/C31H35ClN2O3/c1-3-27(24-14-8-5-9-15-24)31(36)34-19-11-10-18-33(2)30(35)28-21-25(32)16-17-29(28)37-22-26(34)20-23-12-6-4-7-13-23/h4-9,12-17,21,26-27H,3,10-11,18-20,22H2,1-2H3/t26-,27?/m1/s1. The summed E-state index contributed by atoms with van der Waals surface area (Å²) in [6.45, 7) is 3.54. The second kappa shape index (κ2) is 12.8. The average molecular weight is 519 g/mol. The van der Waals surface area contributed by atoms with Crippen molar-refractivity contribution in [3.63, 3.8) is 0 Å². The van der Waals surface area contributed by atoms with Gasteiger partial charge in [-0.2, -0.15) is 0 Å². The molecule has 1 aliphatic heterocycles. The zero-order valence-corrected chi connectivity index (χ0v) is 22.4. The molecule has 0 radical (unpaired) electrons. The molecule has 1 aliphatic rings. The second-order valence-electron chi connectivity index (χ2n) is 9.63. The molecule has 194 valence electrons. The number of rotatable bonds is 5. The molecular formula is C31H35ClN2O3. The van der Waals surface area contributed by atoms with Crippen LogP contribution in [0.4, 0.5) is 0 Å². The average Bonchev–Trinajstić information content (AvgIpc) is 2.92. The van der Waals surface area contributed by atoms with Gasteiger partial charge >= 0.3 is 0 Å². The van der Waals surface area contributed by atoms with Crippen LogP contribution >= 0.6 is 11.6 Å². The Labute approximate surface area is 225 Å².